The van der Waals surface area contributed by atoms with Crippen LogP contribution in [0.1, 0.15) is 32.3 Å². The van der Waals surface area contributed by atoms with E-state index in [4.69, 9.17) is 0 Å². The summed E-state index contributed by atoms with van der Waals surface area (Å²) in [5, 5.41) is 0.970. The lowest BCUT2D eigenvalue weighted by molar-refractivity contribution is -0.147. The van der Waals surface area contributed by atoms with Crippen molar-refractivity contribution in [3.05, 3.63) is 36.2 Å². The van der Waals surface area contributed by atoms with E-state index in [0.29, 0.717) is 10.8 Å². The Labute approximate surface area is 132 Å². The zero-order valence-electron chi connectivity index (χ0n) is 12.8. The fourth-order valence-corrected chi connectivity index (χ4v) is 3.71. The summed E-state index contributed by atoms with van der Waals surface area (Å²) < 4.78 is 64.3. The van der Waals surface area contributed by atoms with Gasteiger partial charge in [-0.15, -0.1) is 0 Å². The molecule has 23 heavy (non-hydrogen) atoms. The van der Waals surface area contributed by atoms with E-state index in [-0.39, 0.29) is 10.8 Å². The van der Waals surface area contributed by atoms with Crippen molar-refractivity contribution in [1.29, 1.82) is 0 Å². The lowest BCUT2D eigenvalue weighted by atomic mass is 9.97. The van der Waals surface area contributed by atoms with Gasteiger partial charge in [0.1, 0.15) is 6.04 Å². The summed E-state index contributed by atoms with van der Waals surface area (Å²) in [6, 6.07) is 2.44. The highest BCUT2D eigenvalue weighted by Gasteiger charge is 2.39. The van der Waals surface area contributed by atoms with Crippen molar-refractivity contribution in [3.63, 3.8) is 0 Å². The summed E-state index contributed by atoms with van der Waals surface area (Å²) in [5.41, 5.74) is 0.908. The smallest absolute Gasteiger partial charge is 0.264 e. The van der Waals surface area contributed by atoms with Crippen molar-refractivity contribution in [2.24, 2.45) is 0 Å². The van der Waals surface area contributed by atoms with Crippen LogP contribution in [0, 0.1) is 0 Å². The molecule has 0 aliphatic carbocycles. The SMILES string of the molecule is CC(C)c1ccc(S(=O)(=O)N[C@@H](C)C(F)(F)F)c2cnccc12. The molecule has 1 aromatic heterocycles. The zero-order valence-corrected chi connectivity index (χ0v) is 13.7. The number of pyridine rings is 1. The van der Waals surface area contributed by atoms with Crippen LogP contribution in [0.15, 0.2) is 35.5 Å². The second-order valence-electron chi connectivity index (χ2n) is 5.61. The molecule has 1 N–H and O–H groups in total. The van der Waals surface area contributed by atoms with Gasteiger partial charge in [-0.1, -0.05) is 19.9 Å². The van der Waals surface area contributed by atoms with Gasteiger partial charge in [0, 0.05) is 17.8 Å². The van der Waals surface area contributed by atoms with Gasteiger partial charge < -0.3 is 0 Å². The third kappa shape index (κ3) is 3.64. The number of nitrogens with one attached hydrogen (secondary N) is 1. The maximum Gasteiger partial charge on any atom is 0.404 e. The topological polar surface area (TPSA) is 59.1 Å². The molecule has 0 aliphatic heterocycles. The first kappa shape index (κ1) is 17.7. The summed E-state index contributed by atoms with van der Waals surface area (Å²) >= 11 is 0. The van der Waals surface area contributed by atoms with Crippen LogP contribution in [0.25, 0.3) is 10.8 Å². The van der Waals surface area contributed by atoms with Gasteiger partial charge in [0.25, 0.3) is 0 Å². The standard InChI is InChI=1S/C15H17F3N2O2S/c1-9(2)11-4-5-14(13-8-19-7-6-12(11)13)23(21,22)20-10(3)15(16,17)18/h4-10,20H,1-3H3/t10-/m0/s1. The minimum absolute atomic E-state index is 0.138. The van der Waals surface area contributed by atoms with E-state index < -0.39 is 22.2 Å². The van der Waals surface area contributed by atoms with Gasteiger partial charge in [-0.2, -0.15) is 17.9 Å². The number of halogens is 3. The second kappa shape index (κ2) is 6.09. The Hall–Kier alpha value is -1.67. The van der Waals surface area contributed by atoms with Crippen molar-refractivity contribution in [2.75, 3.05) is 0 Å². The van der Waals surface area contributed by atoms with Gasteiger partial charge in [-0.3, -0.25) is 4.98 Å². The van der Waals surface area contributed by atoms with Crippen LogP contribution < -0.4 is 4.72 Å². The molecule has 4 nitrogen and oxygen atoms in total. The molecule has 0 radical (unpaired) electrons. The van der Waals surface area contributed by atoms with Crippen molar-refractivity contribution in [3.8, 4) is 0 Å². The van der Waals surface area contributed by atoms with Crippen LogP contribution in [0.2, 0.25) is 0 Å². The Morgan fingerprint density at radius 3 is 2.30 bits per heavy atom. The quantitative estimate of drug-likeness (QED) is 0.920. The Morgan fingerprint density at radius 1 is 1.09 bits per heavy atom. The molecule has 0 saturated heterocycles. The van der Waals surface area contributed by atoms with Crippen LogP contribution >= 0.6 is 0 Å². The van der Waals surface area contributed by atoms with Crippen LogP contribution in [-0.2, 0) is 10.0 Å². The summed E-state index contributed by atoms with van der Waals surface area (Å²) in [6.07, 6.45) is -1.77. The van der Waals surface area contributed by atoms with Gasteiger partial charge >= 0.3 is 6.18 Å². The Bertz CT molecular complexity index is 817. The monoisotopic (exact) mass is 346 g/mol. The number of hydrogen-bond donors (Lipinski definition) is 1. The summed E-state index contributed by atoms with van der Waals surface area (Å²) in [4.78, 5) is 3.69. The van der Waals surface area contributed by atoms with E-state index in [2.05, 4.69) is 4.98 Å². The Balaban J connectivity index is 2.58. The number of nitrogens with zero attached hydrogens (tertiary/aromatic N) is 1. The molecule has 1 atom stereocenters. The van der Waals surface area contributed by atoms with E-state index in [0.717, 1.165) is 12.5 Å². The van der Waals surface area contributed by atoms with Crippen molar-refractivity contribution < 1.29 is 21.6 Å². The largest absolute Gasteiger partial charge is 0.404 e. The number of alkyl halides is 3. The first-order valence-corrected chi connectivity index (χ1v) is 8.48. The molecule has 8 heteroatoms. The van der Waals surface area contributed by atoms with Crippen LogP contribution in [0.5, 0.6) is 0 Å². The van der Waals surface area contributed by atoms with Crippen LogP contribution in [0.3, 0.4) is 0 Å². The highest BCUT2D eigenvalue weighted by Crippen LogP contribution is 2.30. The third-order valence-corrected chi connectivity index (χ3v) is 5.15. The minimum atomic E-state index is -4.65. The molecule has 0 aliphatic rings. The molecule has 2 rings (SSSR count). The highest BCUT2D eigenvalue weighted by molar-refractivity contribution is 7.89. The molecule has 0 fully saturated rings. The number of aromatic nitrogens is 1. The average molecular weight is 346 g/mol. The van der Waals surface area contributed by atoms with Gasteiger partial charge in [0.15, 0.2) is 0 Å². The molecule has 0 bridgehead atoms. The summed E-state index contributed by atoms with van der Waals surface area (Å²) in [7, 11) is -4.32. The van der Waals surface area contributed by atoms with E-state index in [9.17, 15) is 21.6 Å². The molecule has 126 valence electrons. The maximum atomic E-state index is 12.6. The van der Waals surface area contributed by atoms with Gasteiger partial charge in [0.2, 0.25) is 10.0 Å². The Morgan fingerprint density at radius 2 is 1.74 bits per heavy atom. The second-order valence-corrected chi connectivity index (χ2v) is 7.30. The summed E-state index contributed by atoms with van der Waals surface area (Å²) in [5.74, 6) is 0.138. The fourth-order valence-electron chi connectivity index (χ4n) is 2.29. The molecule has 0 spiro atoms. The van der Waals surface area contributed by atoms with Crippen molar-refractivity contribution in [2.45, 2.75) is 43.8 Å². The lowest BCUT2D eigenvalue weighted by Crippen LogP contribution is -2.43. The van der Waals surface area contributed by atoms with Crippen molar-refractivity contribution >= 4 is 20.8 Å². The van der Waals surface area contributed by atoms with Crippen LogP contribution in [0.4, 0.5) is 13.2 Å². The first-order chi connectivity index (χ1) is 10.5. The predicted octanol–water partition coefficient (Wildman–Crippen LogP) is 3.59. The average Bonchev–Trinajstić information content (AvgIpc) is 2.44. The van der Waals surface area contributed by atoms with E-state index in [1.165, 1.54) is 18.5 Å². The number of benzene rings is 1. The highest BCUT2D eigenvalue weighted by atomic mass is 32.2. The number of rotatable bonds is 4. The molecular formula is C15H17F3N2O2S. The number of hydrogen-bond acceptors (Lipinski definition) is 3. The van der Waals surface area contributed by atoms with Gasteiger partial charge in [-0.25, -0.2) is 8.42 Å². The van der Waals surface area contributed by atoms with Gasteiger partial charge in [-0.05, 0) is 35.9 Å². The normalized spacial score (nSPS) is 14.4. The first-order valence-electron chi connectivity index (χ1n) is 6.99. The molecular weight excluding hydrogens is 329 g/mol. The maximum absolute atomic E-state index is 12.6. The fraction of sp³-hybridized carbons (Fsp3) is 0.400. The molecule has 0 unspecified atom stereocenters. The molecule has 1 aromatic carbocycles. The molecule has 0 amide bonds. The lowest BCUT2D eigenvalue weighted by Gasteiger charge is -2.19. The summed E-state index contributed by atoms with van der Waals surface area (Å²) in [6.45, 7) is 4.67. The Kier molecular flexibility index (Phi) is 4.68. The van der Waals surface area contributed by atoms with Gasteiger partial charge in [0.05, 0.1) is 4.90 Å². The zero-order chi connectivity index (χ0) is 17.4. The van der Waals surface area contributed by atoms with Crippen molar-refractivity contribution in [1.82, 2.24) is 9.71 Å². The third-order valence-electron chi connectivity index (χ3n) is 3.55. The van der Waals surface area contributed by atoms with E-state index in [1.807, 2.05) is 13.8 Å². The minimum Gasteiger partial charge on any atom is -0.264 e. The molecule has 2 aromatic rings. The van der Waals surface area contributed by atoms with E-state index >= 15 is 0 Å². The molecule has 1 heterocycles. The number of fused-ring (bicyclic) bond motifs is 1. The predicted molar refractivity (Wildman–Crippen MR) is 81.7 cm³/mol. The van der Waals surface area contributed by atoms with Crippen LogP contribution in [-0.4, -0.2) is 25.6 Å². The van der Waals surface area contributed by atoms with E-state index in [1.54, 1.807) is 16.9 Å². The number of sulfonamides is 1. The molecule has 0 saturated carbocycles.